The molecule has 0 atom stereocenters. The maximum Gasteiger partial charge on any atom is 0.227 e. The van der Waals surface area contributed by atoms with Crippen LogP contribution in [0.5, 0.6) is 0 Å². The van der Waals surface area contributed by atoms with Crippen LogP contribution in [0.1, 0.15) is 59.1 Å². The van der Waals surface area contributed by atoms with Gasteiger partial charge in [0.2, 0.25) is 17.7 Å². The number of benzene rings is 4. The van der Waals surface area contributed by atoms with Crippen LogP contribution in [0.3, 0.4) is 0 Å². The first kappa shape index (κ1) is 35.8. The van der Waals surface area contributed by atoms with Crippen molar-refractivity contribution < 1.29 is 23.9 Å². The van der Waals surface area contributed by atoms with Crippen molar-refractivity contribution in [1.29, 1.82) is 0 Å². The summed E-state index contributed by atoms with van der Waals surface area (Å²) < 4.78 is 5.60. The third kappa shape index (κ3) is 9.41. The second kappa shape index (κ2) is 17.8. The predicted octanol–water partition coefficient (Wildman–Crippen LogP) is 4.73. The van der Waals surface area contributed by atoms with Gasteiger partial charge in [-0.15, -0.1) is 0 Å². The minimum atomic E-state index is -0.230. The van der Waals surface area contributed by atoms with Gasteiger partial charge in [0.25, 0.3) is 0 Å². The van der Waals surface area contributed by atoms with Crippen LogP contribution in [0.4, 0.5) is 11.4 Å². The highest BCUT2D eigenvalue weighted by Crippen LogP contribution is 2.27. The predicted molar refractivity (Wildman–Crippen MR) is 200 cm³/mol. The number of fused-ring (bicyclic) bond motifs is 4. The molecule has 2 heterocycles. The number of ether oxygens (including phenoxy) is 1. The molecule has 0 fully saturated rings. The summed E-state index contributed by atoms with van der Waals surface area (Å²) >= 11 is 0. The Balaban J connectivity index is 0.858. The van der Waals surface area contributed by atoms with Gasteiger partial charge in [0.15, 0.2) is 0 Å². The molecule has 262 valence electrons. The Bertz CT molecular complexity index is 1940. The standard InChI is InChI=1S/C43H40N4O5/c48-38(21-23-42(50)46-30-36-13-3-1-9-32(36)17-19-34-11-5-7-15-39(34)46)29-44-25-27-52-28-26-45-41(49)22-24-43(51)47-31-37-14-4-2-10-33(37)18-20-35-12-6-8-16-40(35)47/h1-16,44H,21-31H2,(H,45,49). The van der Waals surface area contributed by atoms with Crippen molar-refractivity contribution in [2.75, 3.05) is 42.6 Å². The molecular formula is C43H40N4O5. The number of carbonyl (C=O) groups is 4. The maximum atomic E-state index is 13.4. The molecule has 2 N–H and O–H groups in total. The van der Waals surface area contributed by atoms with Gasteiger partial charge in [-0.2, -0.15) is 0 Å². The van der Waals surface area contributed by atoms with Crippen LogP contribution < -0.4 is 20.4 Å². The minimum absolute atomic E-state index is 0.0582. The summed E-state index contributed by atoms with van der Waals surface area (Å²) in [6.07, 6.45) is 0.343. The van der Waals surface area contributed by atoms with Crippen LogP contribution >= 0.6 is 0 Å². The fourth-order valence-electron chi connectivity index (χ4n) is 6.07. The van der Waals surface area contributed by atoms with Crippen LogP contribution in [-0.4, -0.2) is 56.4 Å². The molecule has 0 unspecified atom stereocenters. The molecule has 52 heavy (non-hydrogen) atoms. The molecule has 0 saturated carbocycles. The van der Waals surface area contributed by atoms with Crippen molar-refractivity contribution in [3.63, 3.8) is 0 Å². The van der Waals surface area contributed by atoms with E-state index in [0.29, 0.717) is 39.4 Å². The summed E-state index contributed by atoms with van der Waals surface area (Å²) in [5, 5.41) is 5.87. The zero-order valence-corrected chi connectivity index (χ0v) is 29.0. The maximum absolute atomic E-state index is 13.4. The first-order valence-corrected chi connectivity index (χ1v) is 17.5. The first-order chi connectivity index (χ1) is 25.5. The lowest BCUT2D eigenvalue weighted by atomic mass is 10.0. The van der Waals surface area contributed by atoms with E-state index >= 15 is 0 Å². The monoisotopic (exact) mass is 692 g/mol. The topological polar surface area (TPSA) is 108 Å². The van der Waals surface area contributed by atoms with Crippen molar-refractivity contribution in [2.24, 2.45) is 0 Å². The number of rotatable bonds is 14. The summed E-state index contributed by atoms with van der Waals surface area (Å²) in [5.41, 5.74) is 6.74. The van der Waals surface area contributed by atoms with E-state index in [2.05, 4.69) is 34.3 Å². The number of para-hydroxylation sites is 2. The average molecular weight is 693 g/mol. The molecule has 4 aromatic carbocycles. The average Bonchev–Trinajstić information content (AvgIpc) is 3.15. The third-order valence-corrected chi connectivity index (χ3v) is 8.84. The van der Waals surface area contributed by atoms with Crippen molar-refractivity contribution >= 4 is 34.9 Å². The lowest BCUT2D eigenvalue weighted by Crippen LogP contribution is -2.34. The van der Waals surface area contributed by atoms with Gasteiger partial charge in [-0.1, -0.05) is 84.3 Å². The van der Waals surface area contributed by atoms with E-state index in [1.54, 1.807) is 9.80 Å². The number of hydrogen-bond acceptors (Lipinski definition) is 6. The highest BCUT2D eigenvalue weighted by molar-refractivity contribution is 5.98. The molecule has 0 spiro atoms. The van der Waals surface area contributed by atoms with E-state index in [-0.39, 0.29) is 55.7 Å². The Morgan fingerprint density at radius 3 is 1.60 bits per heavy atom. The van der Waals surface area contributed by atoms with E-state index in [4.69, 9.17) is 4.74 Å². The van der Waals surface area contributed by atoms with Gasteiger partial charge >= 0.3 is 0 Å². The van der Waals surface area contributed by atoms with E-state index in [0.717, 1.165) is 44.8 Å². The molecule has 0 radical (unpaired) electrons. The molecule has 9 nitrogen and oxygen atoms in total. The molecule has 0 bridgehead atoms. The highest BCUT2D eigenvalue weighted by Gasteiger charge is 2.23. The zero-order valence-electron chi connectivity index (χ0n) is 29.0. The summed E-state index contributed by atoms with van der Waals surface area (Å²) in [5.74, 6) is 12.2. The molecule has 2 aliphatic rings. The molecular weight excluding hydrogens is 652 g/mol. The van der Waals surface area contributed by atoms with E-state index in [1.807, 2.05) is 97.1 Å². The Morgan fingerprint density at radius 1 is 0.558 bits per heavy atom. The zero-order chi connectivity index (χ0) is 36.1. The van der Waals surface area contributed by atoms with Crippen molar-refractivity contribution in [2.45, 2.75) is 38.8 Å². The summed E-state index contributed by atoms with van der Waals surface area (Å²) in [4.78, 5) is 55.2. The molecule has 4 aromatic rings. The first-order valence-electron chi connectivity index (χ1n) is 17.5. The number of anilines is 2. The van der Waals surface area contributed by atoms with Crippen LogP contribution in [0.25, 0.3) is 0 Å². The second-order valence-electron chi connectivity index (χ2n) is 12.5. The Labute approximate surface area is 304 Å². The number of carbonyl (C=O) groups excluding carboxylic acids is 4. The SMILES string of the molecule is O=C(CCC(=O)N1Cc2ccccc2C#Cc2ccccc21)CNCCOCCNC(=O)CCC(=O)N1Cc2ccccc2C#Cc2ccccc21. The number of amides is 3. The lowest BCUT2D eigenvalue weighted by molar-refractivity contribution is -0.125. The number of hydrogen-bond donors (Lipinski definition) is 2. The summed E-state index contributed by atoms with van der Waals surface area (Å²) in [7, 11) is 0. The van der Waals surface area contributed by atoms with Crippen molar-refractivity contribution in [3.8, 4) is 23.7 Å². The number of nitrogens with one attached hydrogen (secondary N) is 2. The lowest BCUT2D eigenvalue weighted by Gasteiger charge is -2.26. The normalized spacial score (nSPS) is 12.4. The minimum Gasteiger partial charge on any atom is -0.378 e. The third-order valence-electron chi connectivity index (χ3n) is 8.84. The molecule has 0 aromatic heterocycles. The van der Waals surface area contributed by atoms with Gasteiger partial charge < -0.3 is 25.2 Å². The van der Waals surface area contributed by atoms with Crippen LogP contribution in [0.2, 0.25) is 0 Å². The number of nitrogens with zero attached hydrogens (tertiary/aromatic N) is 2. The van der Waals surface area contributed by atoms with Crippen LogP contribution in [-0.2, 0) is 37.0 Å². The smallest absolute Gasteiger partial charge is 0.227 e. The van der Waals surface area contributed by atoms with Gasteiger partial charge in [0.05, 0.1) is 44.2 Å². The van der Waals surface area contributed by atoms with Gasteiger partial charge in [0.1, 0.15) is 5.78 Å². The fraction of sp³-hybridized carbons (Fsp3) is 0.256. The molecule has 0 aliphatic carbocycles. The Morgan fingerprint density at radius 2 is 1.02 bits per heavy atom. The molecule has 9 heteroatoms. The van der Waals surface area contributed by atoms with Gasteiger partial charge in [-0.25, -0.2) is 0 Å². The molecule has 3 amide bonds. The molecule has 2 aliphatic heterocycles. The molecule has 0 saturated heterocycles. The Kier molecular flexibility index (Phi) is 12.2. The summed E-state index contributed by atoms with van der Waals surface area (Å²) in [6.45, 7) is 2.30. The van der Waals surface area contributed by atoms with E-state index in [1.165, 1.54) is 0 Å². The highest BCUT2D eigenvalue weighted by atomic mass is 16.5. The van der Waals surface area contributed by atoms with E-state index in [9.17, 15) is 19.2 Å². The quantitative estimate of drug-likeness (QED) is 0.146. The second-order valence-corrected chi connectivity index (χ2v) is 12.5. The van der Waals surface area contributed by atoms with E-state index < -0.39 is 0 Å². The van der Waals surface area contributed by atoms with Crippen molar-refractivity contribution in [1.82, 2.24) is 10.6 Å². The largest absolute Gasteiger partial charge is 0.378 e. The van der Waals surface area contributed by atoms with Gasteiger partial charge in [-0.3, -0.25) is 19.2 Å². The van der Waals surface area contributed by atoms with Crippen LogP contribution in [0, 0.1) is 23.7 Å². The van der Waals surface area contributed by atoms with Gasteiger partial charge in [0, 0.05) is 61.0 Å². The number of Topliss-reactive ketones (excluding diaryl/α,β-unsaturated/α-hetero) is 1. The Hall–Kier alpha value is -6.00. The summed E-state index contributed by atoms with van der Waals surface area (Å²) in [6, 6.07) is 30.7. The van der Waals surface area contributed by atoms with Gasteiger partial charge in [-0.05, 0) is 47.5 Å². The van der Waals surface area contributed by atoms with Crippen molar-refractivity contribution in [3.05, 3.63) is 130 Å². The van der Waals surface area contributed by atoms with Crippen LogP contribution in [0.15, 0.2) is 97.1 Å². The fourth-order valence-corrected chi connectivity index (χ4v) is 6.07. The molecule has 6 rings (SSSR count). The number of ketones is 1.